The number of nitrogens with one attached hydrogen (secondary N) is 2. The lowest BCUT2D eigenvalue weighted by Gasteiger charge is -2.27. The van der Waals surface area contributed by atoms with Crippen molar-refractivity contribution in [2.45, 2.75) is 39.0 Å². The van der Waals surface area contributed by atoms with E-state index in [1.165, 1.54) is 30.3 Å². The molecule has 1 fully saturated rings. The molecule has 0 bridgehead atoms. The van der Waals surface area contributed by atoms with Crippen LogP contribution in [-0.4, -0.2) is 43.4 Å². The molecule has 14 heteroatoms. The topological polar surface area (TPSA) is 107 Å². The Hall–Kier alpha value is -5.79. The van der Waals surface area contributed by atoms with Gasteiger partial charge in [0.15, 0.2) is 0 Å². The maximum absolute atomic E-state index is 15.8. The van der Waals surface area contributed by atoms with E-state index in [0.29, 0.717) is 46.8 Å². The molecule has 268 valence electrons. The fourth-order valence-corrected chi connectivity index (χ4v) is 6.45. The maximum atomic E-state index is 15.8. The van der Waals surface area contributed by atoms with Gasteiger partial charge in [-0.25, -0.2) is 27.5 Å². The van der Waals surface area contributed by atoms with E-state index in [0.717, 1.165) is 24.6 Å². The van der Waals surface area contributed by atoms with Gasteiger partial charge in [-0.2, -0.15) is 5.10 Å². The number of pyridine rings is 1. The molecule has 4 heterocycles. The number of imidazole rings is 1. The Morgan fingerprint density at radius 3 is 2.58 bits per heavy atom. The van der Waals surface area contributed by atoms with E-state index in [-0.39, 0.29) is 63.5 Å². The Kier molecular flexibility index (Phi) is 9.05. The van der Waals surface area contributed by atoms with Crippen molar-refractivity contribution >= 4 is 45.1 Å². The van der Waals surface area contributed by atoms with E-state index in [1.807, 2.05) is 4.57 Å². The summed E-state index contributed by atoms with van der Waals surface area (Å²) in [7, 11) is 0. The van der Waals surface area contributed by atoms with Gasteiger partial charge < -0.3 is 19.4 Å². The molecule has 9 nitrogen and oxygen atoms in total. The number of carbonyl (C=O) groups is 1. The third-order valence-electron chi connectivity index (χ3n) is 9.22. The smallest absolute Gasteiger partial charge is 0.255 e. The summed E-state index contributed by atoms with van der Waals surface area (Å²) in [5, 5.41) is 10.2. The van der Waals surface area contributed by atoms with Gasteiger partial charge in [0.1, 0.15) is 41.2 Å². The third kappa shape index (κ3) is 6.92. The lowest BCUT2D eigenvalue weighted by atomic mass is 10.0. The predicted molar refractivity (Wildman–Crippen MR) is 191 cm³/mol. The van der Waals surface area contributed by atoms with E-state index >= 15 is 8.78 Å². The number of aromatic nitrogens is 5. The summed E-state index contributed by atoms with van der Waals surface area (Å²) in [6, 6.07) is 18.9. The van der Waals surface area contributed by atoms with Crippen LogP contribution >= 0.6 is 11.6 Å². The normalized spacial score (nSPS) is 14.1. The van der Waals surface area contributed by atoms with E-state index < -0.39 is 29.2 Å². The Morgan fingerprint density at radius 2 is 1.79 bits per heavy atom. The number of hydrogen-bond acceptors (Lipinski definition) is 6. The Morgan fingerprint density at radius 1 is 0.962 bits per heavy atom. The number of fused-ring (bicyclic) bond motifs is 2. The van der Waals surface area contributed by atoms with Crippen molar-refractivity contribution < 1.29 is 31.8 Å². The zero-order chi connectivity index (χ0) is 36.8. The molecule has 2 N–H and O–H groups in total. The van der Waals surface area contributed by atoms with E-state index in [2.05, 4.69) is 20.5 Å². The fourth-order valence-electron chi connectivity index (χ4n) is 6.29. The molecule has 1 aliphatic rings. The lowest BCUT2D eigenvalue weighted by molar-refractivity contribution is -0.0589. The van der Waals surface area contributed by atoms with Crippen molar-refractivity contribution in [3.8, 4) is 17.1 Å². The first kappa shape index (κ1) is 34.3. The molecule has 0 saturated carbocycles. The first-order valence-electron chi connectivity index (χ1n) is 16.7. The summed E-state index contributed by atoms with van der Waals surface area (Å²) >= 11 is 5.82. The van der Waals surface area contributed by atoms with Crippen molar-refractivity contribution in [2.24, 2.45) is 0 Å². The van der Waals surface area contributed by atoms with Gasteiger partial charge in [-0.15, -0.1) is 0 Å². The SMILES string of the molecule is Cc1n[nH]c2c(F)cc(C(=O)Nc3ccc4c(c3)nc(Cc3cc(F)c(-c5cccc(OCc6ccc(Cl)cc6F)n5)cc3F)n4C[C@@H]3CCO3)cc12. The zero-order valence-electron chi connectivity index (χ0n) is 28.0. The molecule has 1 atom stereocenters. The number of halogens is 5. The number of carbonyl (C=O) groups excluding carboxylic acids is 1. The van der Waals surface area contributed by atoms with Gasteiger partial charge in [-0.3, -0.25) is 9.89 Å². The highest BCUT2D eigenvalue weighted by molar-refractivity contribution is 6.30. The fraction of sp³-hybridized carbons (Fsp3) is 0.179. The Labute approximate surface area is 304 Å². The number of aryl methyl sites for hydroxylation is 1. The quantitative estimate of drug-likeness (QED) is 0.136. The Balaban J connectivity index is 1.04. The zero-order valence-corrected chi connectivity index (χ0v) is 28.8. The van der Waals surface area contributed by atoms with Gasteiger partial charge in [0.05, 0.1) is 35.1 Å². The molecule has 53 heavy (non-hydrogen) atoms. The highest BCUT2D eigenvalue weighted by atomic mass is 35.5. The first-order chi connectivity index (χ1) is 25.6. The minimum atomic E-state index is -0.704. The molecule has 7 aromatic rings. The van der Waals surface area contributed by atoms with Crippen LogP contribution in [0.3, 0.4) is 0 Å². The number of amides is 1. The van der Waals surface area contributed by atoms with Crippen LogP contribution in [0.5, 0.6) is 5.88 Å². The number of H-pyrrole nitrogens is 1. The molecule has 8 rings (SSSR count). The number of rotatable bonds is 10. The molecular weight excluding hydrogens is 712 g/mol. The van der Waals surface area contributed by atoms with Crippen molar-refractivity contribution in [3.63, 3.8) is 0 Å². The number of ether oxygens (including phenoxy) is 2. The van der Waals surface area contributed by atoms with Gasteiger partial charge in [0.25, 0.3) is 5.91 Å². The van der Waals surface area contributed by atoms with Crippen LogP contribution in [0.4, 0.5) is 23.2 Å². The van der Waals surface area contributed by atoms with Crippen LogP contribution in [0.2, 0.25) is 5.02 Å². The maximum Gasteiger partial charge on any atom is 0.255 e. The van der Waals surface area contributed by atoms with Crippen LogP contribution < -0.4 is 10.1 Å². The first-order valence-corrected chi connectivity index (χ1v) is 17.1. The van der Waals surface area contributed by atoms with Gasteiger partial charge in [-0.05, 0) is 79.6 Å². The van der Waals surface area contributed by atoms with Crippen LogP contribution in [-0.2, 0) is 24.3 Å². The van der Waals surface area contributed by atoms with Crippen LogP contribution in [0.1, 0.15) is 39.4 Å². The molecule has 1 aliphatic heterocycles. The average Bonchev–Trinajstić information content (AvgIpc) is 3.66. The van der Waals surface area contributed by atoms with Gasteiger partial charge in [0.2, 0.25) is 5.88 Å². The summed E-state index contributed by atoms with van der Waals surface area (Å²) in [6.45, 7) is 2.65. The van der Waals surface area contributed by atoms with E-state index in [1.54, 1.807) is 37.3 Å². The van der Waals surface area contributed by atoms with Crippen molar-refractivity contribution in [3.05, 3.63) is 135 Å². The van der Waals surface area contributed by atoms with Crippen LogP contribution in [0.15, 0.2) is 78.9 Å². The number of anilines is 1. The molecule has 1 saturated heterocycles. The second-order valence-electron chi connectivity index (χ2n) is 12.8. The third-order valence-corrected chi connectivity index (χ3v) is 9.45. The molecule has 0 unspecified atom stereocenters. The molecule has 4 aromatic carbocycles. The minimum Gasteiger partial charge on any atom is -0.473 e. The van der Waals surface area contributed by atoms with Gasteiger partial charge in [-0.1, -0.05) is 23.7 Å². The number of nitrogens with zero attached hydrogens (tertiary/aromatic N) is 4. The monoisotopic (exact) mass is 740 g/mol. The second-order valence-corrected chi connectivity index (χ2v) is 13.2. The summed E-state index contributed by atoms with van der Waals surface area (Å²) < 4.78 is 73.5. The summed E-state index contributed by atoms with van der Waals surface area (Å²) in [4.78, 5) is 22.2. The second kappa shape index (κ2) is 14.0. The lowest BCUT2D eigenvalue weighted by Crippen LogP contribution is -2.31. The molecule has 3 aromatic heterocycles. The van der Waals surface area contributed by atoms with Crippen molar-refractivity contribution in [1.82, 2.24) is 24.7 Å². The van der Waals surface area contributed by atoms with Gasteiger partial charge >= 0.3 is 0 Å². The highest BCUT2D eigenvalue weighted by Gasteiger charge is 2.24. The number of hydrogen-bond donors (Lipinski definition) is 2. The number of benzene rings is 4. The van der Waals surface area contributed by atoms with E-state index in [9.17, 15) is 13.6 Å². The average molecular weight is 741 g/mol. The van der Waals surface area contributed by atoms with Crippen LogP contribution in [0, 0.1) is 30.2 Å². The van der Waals surface area contributed by atoms with Crippen molar-refractivity contribution in [1.29, 1.82) is 0 Å². The minimum absolute atomic E-state index is 0.0430. The highest BCUT2D eigenvalue weighted by Crippen LogP contribution is 2.30. The molecule has 0 radical (unpaired) electrons. The molecule has 1 amide bonds. The molecule has 0 aliphatic carbocycles. The largest absolute Gasteiger partial charge is 0.473 e. The summed E-state index contributed by atoms with van der Waals surface area (Å²) in [6.07, 6.45) is 0.730. The summed E-state index contributed by atoms with van der Waals surface area (Å²) in [5.74, 6) is -2.45. The Bertz CT molecular complexity index is 2550. The van der Waals surface area contributed by atoms with Crippen LogP contribution in [0.25, 0.3) is 33.2 Å². The summed E-state index contributed by atoms with van der Waals surface area (Å²) in [5.41, 5.74) is 2.95. The van der Waals surface area contributed by atoms with Crippen molar-refractivity contribution in [2.75, 3.05) is 11.9 Å². The van der Waals surface area contributed by atoms with Gasteiger partial charge in [0, 0.05) is 51.9 Å². The number of aromatic amines is 1. The van der Waals surface area contributed by atoms with E-state index in [4.69, 9.17) is 26.1 Å². The molecule has 0 spiro atoms. The molecular formula is C39H29ClF4N6O3. The standard InChI is InChI=1S/C39H29ClF4N6O3/c1-20-27-11-23(13-32(44)38(27)49-48-20)39(51)45-25-7-8-35-34(16-25)46-36(50(35)18-26-9-10-52-26)14-22-12-31(43)28(17-30(22)42)33-3-2-4-37(47-33)53-19-21-5-6-24(40)15-29(21)41/h2-8,11-13,15-17,26H,9-10,14,18-19H2,1H3,(H,45,51)(H,48,49)/t26-/m0/s1. The predicted octanol–water partition coefficient (Wildman–Crippen LogP) is 8.70.